The molecule has 0 aliphatic carbocycles. The molecule has 0 aromatic carbocycles. The molecule has 9 nitrogen and oxygen atoms in total. The van der Waals surface area contributed by atoms with Gasteiger partial charge < -0.3 is 40.3 Å². The molecule has 1 heterocycles. The lowest BCUT2D eigenvalue weighted by molar-refractivity contribution is -0.302. The van der Waals surface area contributed by atoms with Crippen molar-refractivity contribution in [1.82, 2.24) is 5.32 Å². The van der Waals surface area contributed by atoms with Crippen LogP contribution in [-0.2, 0) is 14.3 Å². The quantitative estimate of drug-likeness (QED) is 0.0362. The van der Waals surface area contributed by atoms with Crippen LogP contribution in [0.5, 0.6) is 0 Å². The van der Waals surface area contributed by atoms with Crippen molar-refractivity contribution in [2.24, 2.45) is 0 Å². The molecule has 2 unspecified atom stereocenters. The topological polar surface area (TPSA) is 149 Å². The van der Waals surface area contributed by atoms with Crippen molar-refractivity contribution in [2.75, 3.05) is 13.2 Å². The fourth-order valence-electron chi connectivity index (χ4n) is 6.98. The van der Waals surface area contributed by atoms with Crippen molar-refractivity contribution in [3.8, 4) is 0 Å². The molecular formula is C41H81NO8. The Morgan fingerprint density at radius 2 is 1.00 bits per heavy atom. The summed E-state index contributed by atoms with van der Waals surface area (Å²) in [6.07, 6.45) is 26.7. The molecule has 0 aromatic heterocycles. The van der Waals surface area contributed by atoms with E-state index in [1.54, 1.807) is 0 Å². The Morgan fingerprint density at radius 1 is 0.600 bits per heavy atom. The summed E-state index contributed by atoms with van der Waals surface area (Å²) >= 11 is 0. The smallest absolute Gasteiger partial charge is 0.220 e. The average molecular weight is 716 g/mol. The van der Waals surface area contributed by atoms with Gasteiger partial charge in [0.05, 0.1) is 25.4 Å². The first-order chi connectivity index (χ1) is 24.3. The van der Waals surface area contributed by atoms with Crippen LogP contribution >= 0.6 is 0 Å². The number of ether oxygens (including phenoxy) is 2. The zero-order valence-corrected chi connectivity index (χ0v) is 32.4. The van der Waals surface area contributed by atoms with Crippen LogP contribution in [0.15, 0.2) is 0 Å². The minimum absolute atomic E-state index is 0.132. The molecule has 1 aliphatic heterocycles. The number of aliphatic hydroxyl groups is 5. The molecule has 1 saturated heterocycles. The lowest BCUT2D eigenvalue weighted by Crippen LogP contribution is -2.60. The zero-order chi connectivity index (χ0) is 36.7. The van der Waals surface area contributed by atoms with E-state index >= 15 is 0 Å². The van der Waals surface area contributed by atoms with Crippen LogP contribution < -0.4 is 5.32 Å². The second-order valence-electron chi connectivity index (χ2n) is 15.1. The summed E-state index contributed by atoms with van der Waals surface area (Å²) in [6.45, 7) is 3.83. The van der Waals surface area contributed by atoms with Gasteiger partial charge >= 0.3 is 0 Å². The lowest BCUT2D eigenvalue weighted by atomic mass is 9.99. The third-order valence-electron chi connectivity index (χ3n) is 10.5. The van der Waals surface area contributed by atoms with E-state index in [9.17, 15) is 30.3 Å². The number of hydrogen-bond donors (Lipinski definition) is 6. The van der Waals surface area contributed by atoms with Crippen LogP contribution in [-0.4, -0.2) is 87.5 Å². The first-order valence-electron chi connectivity index (χ1n) is 21.2. The Balaban J connectivity index is 2.36. The predicted octanol–water partition coefficient (Wildman–Crippen LogP) is 8.00. The fraction of sp³-hybridized carbons (Fsp3) is 0.976. The Morgan fingerprint density at radius 3 is 1.42 bits per heavy atom. The summed E-state index contributed by atoms with van der Waals surface area (Å²) in [4.78, 5) is 12.9. The van der Waals surface area contributed by atoms with E-state index in [2.05, 4.69) is 19.2 Å². The predicted molar refractivity (Wildman–Crippen MR) is 203 cm³/mol. The van der Waals surface area contributed by atoms with E-state index in [0.29, 0.717) is 12.8 Å². The highest BCUT2D eigenvalue weighted by Gasteiger charge is 2.44. The summed E-state index contributed by atoms with van der Waals surface area (Å²) in [7, 11) is 0. The maximum Gasteiger partial charge on any atom is 0.220 e. The molecule has 0 spiro atoms. The van der Waals surface area contributed by atoms with Gasteiger partial charge in [0, 0.05) is 6.42 Å². The first-order valence-corrected chi connectivity index (χ1v) is 21.2. The maximum absolute atomic E-state index is 12.9. The van der Waals surface area contributed by atoms with Crippen LogP contribution in [0.1, 0.15) is 200 Å². The van der Waals surface area contributed by atoms with Gasteiger partial charge in [0.25, 0.3) is 0 Å². The number of carbonyl (C=O) groups excluding carboxylic acids is 1. The highest BCUT2D eigenvalue weighted by Crippen LogP contribution is 2.23. The second-order valence-corrected chi connectivity index (χ2v) is 15.1. The van der Waals surface area contributed by atoms with Crippen molar-refractivity contribution in [3.05, 3.63) is 0 Å². The van der Waals surface area contributed by atoms with Crippen LogP contribution in [0.3, 0.4) is 0 Å². The molecule has 0 saturated carbocycles. The van der Waals surface area contributed by atoms with E-state index in [1.807, 2.05) is 0 Å². The van der Waals surface area contributed by atoms with Crippen molar-refractivity contribution in [1.29, 1.82) is 0 Å². The van der Waals surface area contributed by atoms with E-state index in [4.69, 9.17) is 9.47 Å². The summed E-state index contributed by atoms with van der Waals surface area (Å²) in [6, 6.07) is -0.709. The third-order valence-corrected chi connectivity index (χ3v) is 10.5. The Bertz CT molecular complexity index is 756. The molecule has 0 bridgehead atoms. The van der Waals surface area contributed by atoms with E-state index in [-0.39, 0.29) is 12.5 Å². The molecular weight excluding hydrogens is 634 g/mol. The average Bonchev–Trinajstić information content (AvgIpc) is 3.11. The summed E-state index contributed by atoms with van der Waals surface area (Å²) in [5.74, 6) is -0.143. The van der Waals surface area contributed by atoms with Crippen molar-refractivity contribution >= 4 is 5.91 Å². The van der Waals surface area contributed by atoms with E-state index in [0.717, 1.165) is 38.5 Å². The second kappa shape index (κ2) is 32.8. The molecule has 50 heavy (non-hydrogen) atoms. The highest BCUT2D eigenvalue weighted by atomic mass is 16.7. The Labute approximate surface area is 306 Å². The van der Waals surface area contributed by atoms with Gasteiger partial charge in [-0.25, -0.2) is 0 Å². The van der Waals surface area contributed by atoms with Gasteiger partial charge in [0.1, 0.15) is 24.4 Å². The molecule has 298 valence electrons. The SMILES string of the molecule is CCCCCCCCCCCCCCCCCC(=O)N[C@@H](CO[C@@H]1O[C@H](CO)[C@H](O)C(O)C1O)[C@H](O)CCCCCCCCCCCCCC. The van der Waals surface area contributed by atoms with Gasteiger partial charge in [-0.2, -0.15) is 0 Å². The monoisotopic (exact) mass is 716 g/mol. The standard InChI is InChI=1S/C41H81NO8/c1-3-5-7-9-11-13-15-17-18-19-21-23-25-27-29-31-37(45)42-34(33-49-41-40(48)39(47)38(46)36(32-43)50-41)35(44)30-28-26-24-22-20-16-14-12-10-8-6-4-2/h34-36,38-41,43-44,46-48H,3-33H2,1-2H3,(H,42,45)/t34-,35+,36+,38-,39?,40?,41+/m0/s1. The molecule has 1 amide bonds. The molecule has 6 N–H and O–H groups in total. The summed E-state index contributed by atoms with van der Waals surface area (Å²) < 4.78 is 11.2. The summed E-state index contributed by atoms with van der Waals surface area (Å²) in [5, 5.41) is 54.2. The number of carbonyl (C=O) groups is 1. The first kappa shape index (κ1) is 47.2. The lowest BCUT2D eigenvalue weighted by Gasteiger charge is -2.40. The van der Waals surface area contributed by atoms with Gasteiger partial charge in [-0.15, -0.1) is 0 Å². The van der Waals surface area contributed by atoms with Crippen LogP contribution in [0.4, 0.5) is 0 Å². The number of nitrogens with one attached hydrogen (secondary N) is 1. The van der Waals surface area contributed by atoms with Gasteiger partial charge in [-0.3, -0.25) is 4.79 Å². The molecule has 0 aromatic rings. The molecule has 0 radical (unpaired) electrons. The normalized spacial score (nSPS) is 22.1. The Kier molecular flexibility index (Phi) is 31.0. The number of rotatable bonds is 35. The molecule has 1 aliphatic rings. The van der Waals surface area contributed by atoms with Crippen LogP contribution in [0.2, 0.25) is 0 Å². The largest absolute Gasteiger partial charge is 0.394 e. The van der Waals surface area contributed by atoms with Gasteiger partial charge in [0.15, 0.2) is 6.29 Å². The molecule has 9 heteroatoms. The van der Waals surface area contributed by atoms with E-state index in [1.165, 1.54) is 135 Å². The van der Waals surface area contributed by atoms with Crippen LogP contribution in [0.25, 0.3) is 0 Å². The maximum atomic E-state index is 12.9. The fourth-order valence-corrected chi connectivity index (χ4v) is 6.98. The summed E-state index contributed by atoms with van der Waals surface area (Å²) in [5.41, 5.74) is 0. The number of aliphatic hydroxyl groups excluding tert-OH is 5. The van der Waals surface area contributed by atoms with Gasteiger partial charge in [0.2, 0.25) is 5.91 Å². The molecule has 1 rings (SSSR count). The zero-order valence-electron chi connectivity index (χ0n) is 32.4. The number of amides is 1. The number of unbranched alkanes of at least 4 members (excludes halogenated alkanes) is 25. The highest BCUT2D eigenvalue weighted by molar-refractivity contribution is 5.76. The van der Waals surface area contributed by atoms with Gasteiger partial charge in [-0.05, 0) is 12.8 Å². The van der Waals surface area contributed by atoms with Crippen molar-refractivity contribution < 1.29 is 39.8 Å². The van der Waals surface area contributed by atoms with Gasteiger partial charge in [-0.1, -0.05) is 181 Å². The van der Waals surface area contributed by atoms with Crippen molar-refractivity contribution in [3.63, 3.8) is 0 Å². The van der Waals surface area contributed by atoms with Crippen molar-refractivity contribution in [2.45, 2.75) is 243 Å². The van der Waals surface area contributed by atoms with E-state index < -0.39 is 49.5 Å². The van der Waals surface area contributed by atoms with Crippen LogP contribution in [0, 0.1) is 0 Å². The third kappa shape index (κ3) is 23.7. The minimum atomic E-state index is -1.55. The number of hydrogen-bond acceptors (Lipinski definition) is 8. The molecule has 1 fully saturated rings. The Hall–Kier alpha value is -0.810. The molecule has 7 atom stereocenters. The minimum Gasteiger partial charge on any atom is -0.394 e.